The third-order valence-corrected chi connectivity index (χ3v) is 0.129. The summed E-state index contributed by atoms with van der Waals surface area (Å²) in [5.74, 6) is 0. The Labute approximate surface area is 27.2 Å². The molecule has 4 heavy (non-hydrogen) atoms. The molecule has 0 aliphatic heterocycles. The highest BCUT2D eigenvalue weighted by molar-refractivity contribution is 6.09. The van der Waals surface area contributed by atoms with Crippen molar-refractivity contribution in [2.24, 2.45) is 4.99 Å². The molecule has 0 atom stereocenters. The van der Waals surface area contributed by atoms with Crippen molar-refractivity contribution < 1.29 is 0 Å². The number of hydrogen-bond acceptors (Lipinski definition) is 1. The summed E-state index contributed by atoms with van der Waals surface area (Å²) >= 11 is 0. The van der Waals surface area contributed by atoms with Crippen molar-refractivity contribution in [2.45, 2.75) is 0 Å². The van der Waals surface area contributed by atoms with Gasteiger partial charge in [0, 0.05) is 0 Å². The summed E-state index contributed by atoms with van der Waals surface area (Å²) in [7, 11) is 4.80. The van der Waals surface area contributed by atoms with Gasteiger partial charge in [-0.1, -0.05) is 0 Å². The van der Waals surface area contributed by atoms with Gasteiger partial charge in [-0.15, -0.1) is 0 Å². The van der Waals surface area contributed by atoms with Gasteiger partial charge < -0.3 is 4.99 Å². The largest absolute Gasteiger partial charge is 0.311 e. The van der Waals surface area contributed by atoms with Crippen molar-refractivity contribution in [3.05, 3.63) is 0 Å². The van der Waals surface area contributed by atoms with E-state index in [1.165, 1.54) is 0 Å². The molecule has 0 aromatic rings. The van der Waals surface area contributed by atoms with Gasteiger partial charge in [0.15, 0.2) is 0 Å². The van der Waals surface area contributed by atoms with Crippen LogP contribution in [-0.2, 0) is 0 Å². The monoisotopic (exact) mass is 53.0 g/mol. The molecule has 0 N–H and O–H groups in total. The van der Waals surface area contributed by atoms with E-state index in [2.05, 4.69) is 11.7 Å². The summed E-state index contributed by atoms with van der Waals surface area (Å²) in [5, 5.41) is 0. The van der Waals surface area contributed by atoms with E-state index in [1.54, 1.807) is 0 Å². The third kappa shape index (κ3) is 1.73. The van der Waals surface area contributed by atoms with Crippen molar-refractivity contribution in [2.75, 3.05) is 6.44 Å². The molecule has 0 aromatic carbocycles. The molecule has 0 spiro atoms. The summed E-state index contributed by atoms with van der Waals surface area (Å²) in [5.41, 5.74) is 0. The molecular formula is C2H4BN. The predicted octanol–water partition coefficient (Wildman–Crippen LogP) is -0.187. The van der Waals surface area contributed by atoms with Gasteiger partial charge in [0.2, 0.25) is 0 Å². The Morgan fingerprint density at radius 3 is 2.25 bits per heavy atom. The van der Waals surface area contributed by atoms with E-state index in [9.17, 15) is 0 Å². The average Bonchev–Trinajstić information content (AvgIpc) is 1.37. The zero-order valence-electron chi connectivity index (χ0n) is 2.44. The van der Waals surface area contributed by atoms with Gasteiger partial charge in [0.25, 0.3) is 0 Å². The van der Waals surface area contributed by atoms with Crippen LogP contribution < -0.4 is 0 Å². The maximum Gasteiger partial charge on any atom is 0.0971 e. The van der Waals surface area contributed by atoms with Crippen LogP contribution >= 0.6 is 0 Å². The van der Waals surface area contributed by atoms with Crippen LogP contribution in [0.15, 0.2) is 4.99 Å². The first-order valence-electron chi connectivity index (χ1n) is 1.04. The second-order valence-electron chi connectivity index (χ2n) is 0.406. The molecule has 1 nitrogen and oxygen atoms in total. The first-order chi connectivity index (χ1) is 1.91. The zero-order chi connectivity index (χ0) is 3.41. The molecular weight excluding hydrogens is 48.8 g/mol. The van der Waals surface area contributed by atoms with Gasteiger partial charge >= 0.3 is 0 Å². The van der Waals surface area contributed by atoms with E-state index in [1.807, 2.05) is 0 Å². The zero-order valence-corrected chi connectivity index (χ0v) is 2.44. The molecule has 0 rings (SSSR count). The SMILES string of the molecule is [B]CN=C. The summed E-state index contributed by atoms with van der Waals surface area (Å²) in [6.07, 6.45) is 0.333. The fraction of sp³-hybridized carbons (Fsp3) is 0.500. The van der Waals surface area contributed by atoms with Crippen molar-refractivity contribution in [1.29, 1.82) is 0 Å². The normalized spacial score (nSPS) is 6.00. The number of hydrogen-bond donors (Lipinski definition) is 0. The Bertz CT molecular complexity index is 20.0. The molecule has 0 aliphatic rings. The first kappa shape index (κ1) is 3.73. The lowest BCUT2D eigenvalue weighted by atomic mass is 10.2. The van der Waals surface area contributed by atoms with Gasteiger partial charge in [-0.05, 0) is 13.2 Å². The fourth-order valence-corrected chi connectivity index (χ4v) is 0. The van der Waals surface area contributed by atoms with Crippen molar-refractivity contribution in [3.63, 3.8) is 0 Å². The molecule has 0 aromatic heterocycles. The second kappa shape index (κ2) is 2.73. The Morgan fingerprint density at radius 2 is 2.25 bits per heavy atom. The number of rotatable bonds is 1. The predicted molar refractivity (Wildman–Crippen MR) is 20.2 cm³/mol. The molecule has 0 saturated carbocycles. The molecule has 0 bridgehead atoms. The van der Waals surface area contributed by atoms with Crippen LogP contribution in [0.4, 0.5) is 0 Å². The number of nitrogens with zero attached hydrogens (tertiary/aromatic N) is 1. The Hall–Kier alpha value is -0.265. The maximum atomic E-state index is 4.80. The van der Waals surface area contributed by atoms with Gasteiger partial charge in [-0.3, -0.25) is 0 Å². The molecule has 2 radical (unpaired) electrons. The van der Waals surface area contributed by atoms with E-state index >= 15 is 0 Å². The topological polar surface area (TPSA) is 12.4 Å². The van der Waals surface area contributed by atoms with E-state index in [-0.39, 0.29) is 0 Å². The highest BCUT2D eigenvalue weighted by Gasteiger charge is 1.45. The Kier molecular flexibility index (Phi) is 2.55. The highest BCUT2D eigenvalue weighted by Crippen LogP contribution is 1.42. The fourth-order valence-electron chi connectivity index (χ4n) is 0. The van der Waals surface area contributed by atoms with E-state index in [4.69, 9.17) is 7.85 Å². The van der Waals surface area contributed by atoms with Crippen LogP contribution in [0.5, 0.6) is 0 Å². The van der Waals surface area contributed by atoms with Crippen LogP contribution in [0.2, 0.25) is 0 Å². The van der Waals surface area contributed by atoms with Gasteiger partial charge in [0.05, 0.1) is 7.85 Å². The van der Waals surface area contributed by atoms with Crippen molar-refractivity contribution in [3.8, 4) is 0 Å². The standard InChI is InChI=1S/C2H4BN/c1-4-2-3/h1-2H2. The molecule has 0 saturated heterocycles. The number of aliphatic imine (C=N–C) groups is 1. The van der Waals surface area contributed by atoms with Gasteiger partial charge in [-0.25, -0.2) is 0 Å². The van der Waals surface area contributed by atoms with Crippen LogP contribution in [0.3, 0.4) is 0 Å². The lowest BCUT2D eigenvalue weighted by Crippen LogP contribution is -1.66. The highest BCUT2D eigenvalue weighted by atomic mass is 14.6. The van der Waals surface area contributed by atoms with E-state index in [0.29, 0.717) is 6.44 Å². The quantitative estimate of drug-likeness (QED) is 0.290. The van der Waals surface area contributed by atoms with Crippen LogP contribution in [0.1, 0.15) is 0 Å². The van der Waals surface area contributed by atoms with E-state index < -0.39 is 0 Å². The average molecular weight is 52.9 g/mol. The minimum atomic E-state index is 0.333. The summed E-state index contributed by atoms with van der Waals surface area (Å²) in [4.78, 5) is 3.26. The summed E-state index contributed by atoms with van der Waals surface area (Å²) in [6, 6.07) is 0. The lowest BCUT2D eigenvalue weighted by molar-refractivity contribution is 1.40. The van der Waals surface area contributed by atoms with Crippen LogP contribution in [0.25, 0.3) is 0 Å². The van der Waals surface area contributed by atoms with Gasteiger partial charge in [0.1, 0.15) is 0 Å². The van der Waals surface area contributed by atoms with E-state index in [0.717, 1.165) is 0 Å². The lowest BCUT2D eigenvalue weighted by Gasteiger charge is -1.61. The van der Waals surface area contributed by atoms with Crippen LogP contribution in [-0.4, -0.2) is 21.0 Å². The molecule has 0 heterocycles. The van der Waals surface area contributed by atoms with Gasteiger partial charge in [-0.2, -0.15) is 0 Å². The minimum Gasteiger partial charge on any atom is -0.311 e. The summed E-state index contributed by atoms with van der Waals surface area (Å²) in [6.45, 7) is 3.10. The molecule has 20 valence electrons. The summed E-state index contributed by atoms with van der Waals surface area (Å²) < 4.78 is 0. The first-order valence-corrected chi connectivity index (χ1v) is 1.04. The molecule has 0 aliphatic carbocycles. The third-order valence-electron chi connectivity index (χ3n) is 0.129. The van der Waals surface area contributed by atoms with Crippen molar-refractivity contribution in [1.82, 2.24) is 0 Å². The van der Waals surface area contributed by atoms with Crippen molar-refractivity contribution >= 4 is 14.6 Å². The maximum absolute atomic E-state index is 4.80. The van der Waals surface area contributed by atoms with Crippen LogP contribution in [0, 0.1) is 0 Å². The molecule has 0 amide bonds. The molecule has 0 unspecified atom stereocenters. The second-order valence-corrected chi connectivity index (χ2v) is 0.406. The molecule has 0 fully saturated rings. The molecule has 2 heteroatoms. The smallest absolute Gasteiger partial charge is 0.0971 e. The minimum absolute atomic E-state index is 0.333. The Balaban J connectivity index is 2.30. The Morgan fingerprint density at radius 1 is 2.00 bits per heavy atom.